The first-order valence-electron chi connectivity index (χ1n) is 6.37. The molecule has 1 aromatic heterocycles. The Kier molecular flexibility index (Phi) is 4.09. The van der Waals surface area contributed by atoms with Gasteiger partial charge < -0.3 is 20.2 Å². The van der Waals surface area contributed by atoms with Crippen LogP contribution >= 0.6 is 0 Å². The Labute approximate surface area is 111 Å². The van der Waals surface area contributed by atoms with Gasteiger partial charge in [-0.15, -0.1) is 0 Å². The van der Waals surface area contributed by atoms with Crippen molar-refractivity contribution in [2.45, 2.75) is 38.8 Å². The van der Waals surface area contributed by atoms with E-state index in [0.717, 1.165) is 5.76 Å². The molecule has 2 rings (SSSR count). The van der Waals surface area contributed by atoms with E-state index >= 15 is 0 Å². The summed E-state index contributed by atoms with van der Waals surface area (Å²) in [6, 6.07) is 3.30. The fourth-order valence-corrected chi connectivity index (χ4v) is 2.32. The Morgan fingerprint density at radius 3 is 2.79 bits per heavy atom. The van der Waals surface area contributed by atoms with E-state index in [1.165, 1.54) is 0 Å². The Hall–Kier alpha value is -1.98. The van der Waals surface area contributed by atoms with Gasteiger partial charge in [0.15, 0.2) is 0 Å². The fraction of sp³-hybridized carbons (Fsp3) is 0.538. The van der Waals surface area contributed by atoms with Crippen LogP contribution in [0.2, 0.25) is 0 Å². The van der Waals surface area contributed by atoms with Gasteiger partial charge in [-0.2, -0.15) is 0 Å². The van der Waals surface area contributed by atoms with Crippen LogP contribution in [0.1, 0.15) is 30.8 Å². The van der Waals surface area contributed by atoms with E-state index in [0.29, 0.717) is 31.6 Å². The molecule has 1 aliphatic rings. The summed E-state index contributed by atoms with van der Waals surface area (Å²) in [5, 5.41) is 14.4. The van der Waals surface area contributed by atoms with Gasteiger partial charge in [0.25, 0.3) is 0 Å². The monoisotopic (exact) mass is 266 g/mol. The number of carbonyl (C=O) groups excluding carboxylic acids is 1. The zero-order valence-electron chi connectivity index (χ0n) is 10.8. The molecular formula is C13H18N2O4. The molecule has 0 aliphatic heterocycles. The van der Waals surface area contributed by atoms with Gasteiger partial charge in [-0.1, -0.05) is 0 Å². The Morgan fingerprint density at radius 2 is 2.21 bits per heavy atom. The van der Waals surface area contributed by atoms with Gasteiger partial charge in [0.1, 0.15) is 11.5 Å². The number of hydrogen-bond acceptors (Lipinski definition) is 3. The van der Waals surface area contributed by atoms with E-state index in [1.807, 2.05) is 19.1 Å². The number of carboxylic acids is 1. The average Bonchev–Trinajstić information content (AvgIpc) is 2.96. The normalized spacial score (nSPS) is 22.2. The lowest BCUT2D eigenvalue weighted by Crippen LogP contribution is -2.40. The molecule has 2 amide bonds. The third-order valence-corrected chi connectivity index (χ3v) is 3.34. The third-order valence-electron chi connectivity index (χ3n) is 3.34. The zero-order chi connectivity index (χ0) is 13.8. The van der Waals surface area contributed by atoms with E-state index in [-0.39, 0.29) is 18.0 Å². The lowest BCUT2D eigenvalue weighted by molar-refractivity contribution is -0.141. The second kappa shape index (κ2) is 5.77. The van der Waals surface area contributed by atoms with Crippen LogP contribution in [0.5, 0.6) is 0 Å². The molecular weight excluding hydrogens is 248 g/mol. The number of nitrogens with one attached hydrogen (secondary N) is 2. The lowest BCUT2D eigenvalue weighted by atomic mass is 10.1. The van der Waals surface area contributed by atoms with Gasteiger partial charge in [-0.3, -0.25) is 4.79 Å². The molecule has 0 saturated heterocycles. The quantitative estimate of drug-likeness (QED) is 0.772. The summed E-state index contributed by atoms with van der Waals surface area (Å²) in [6.07, 6.45) is 1.84. The molecule has 1 fully saturated rings. The van der Waals surface area contributed by atoms with Crippen molar-refractivity contribution in [1.82, 2.24) is 10.6 Å². The van der Waals surface area contributed by atoms with Crippen molar-refractivity contribution in [3.8, 4) is 0 Å². The summed E-state index contributed by atoms with van der Waals surface area (Å²) in [7, 11) is 0. The number of rotatable bonds is 4. The third kappa shape index (κ3) is 3.74. The summed E-state index contributed by atoms with van der Waals surface area (Å²) in [5.41, 5.74) is 0. The number of urea groups is 1. The SMILES string of the molecule is Cc1ccc(CNC(=O)NC2CCC(C(=O)O)C2)o1. The number of carboxylic acid groups (broad SMARTS) is 1. The summed E-state index contributed by atoms with van der Waals surface area (Å²) < 4.78 is 5.33. The maximum absolute atomic E-state index is 11.6. The predicted molar refractivity (Wildman–Crippen MR) is 67.6 cm³/mol. The molecule has 0 radical (unpaired) electrons. The van der Waals surface area contributed by atoms with E-state index in [1.54, 1.807) is 0 Å². The highest BCUT2D eigenvalue weighted by Gasteiger charge is 2.30. The van der Waals surface area contributed by atoms with Gasteiger partial charge in [-0.25, -0.2) is 4.79 Å². The molecule has 2 atom stereocenters. The molecule has 1 aromatic rings. The molecule has 6 nitrogen and oxygen atoms in total. The standard InChI is InChI=1S/C13H18N2O4/c1-8-2-5-11(19-8)7-14-13(18)15-10-4-3-9(6-10)12(16)17/h2,5,9-10H,3-4,6-7H2,1H3,(H,16,17)(H2,14,15,18). The molecule has 0 bridgehead atoms. The smallest absolute Gasteiger partial charge is 0.315 e. The van der Waals surface area contributed by atoms with Crippen molar-refractivity contribution in [2.24, 2.45) is 5.92 Å². The van der Waals surface area contributed by atoms with Crippen LogP contribution in [0.4, 0.5) is 4.79 Å². The minimum Gasteiger partial charge on any atom is -0.481 e. The number of amides is 2. The van der Waals surface area contributed by atoms with Gasteiger partial charge in [0, 0.05) is 6.04 Å². The summed E-state index contributed by atoms with van der Waals surface area (Å²) in [6.45, 7) is 2.17. The van der Waals surface area contributed by atoms with E-state index < -0.39 is 5.97 Å². The van der Waals surface area contributed by atoms with Crippen LogP contribution in [0, 0.1) is 12.8 Å². The van der Waals surface area contributed by atoms with Crippen LogP contribution in [0.15, 0.2) is 16.5 Å². The number of carbonyl (C=O) groups is 2. The predicted octanol–water partition coefficient (Wildman–Crippen LogP) is 1.64. The molecule has 1 saturated carbocycles. The molecule has 19 heavy (non-hydrogen) atoms. The molecule has 6 heteroatoms. The number of aryl methyl sites for hydroxylation is 1. The van der Waals surface area contributed by atoms with Crippen LogP contribution in [0.3, 0.4) is 0 Å². The first-order chi connectivity index (χ1) is 9.04. The largest absolute Gasteiger partial charge is 0.481 e. The summed E-state index contributed by atoms with van der Waals surface area (Å²) in [4.78, 5) is 22.4. The van der Waals surface area contributed by atoms with Gasteiger partial charge >= 0.3 is 12.0 Å². The highest BCUT2D eigenvalue weighted by Crippen LogP contribution is 2.25. The fourth-order valence-electron chi connectivity index (χ4n) is 2.32. The number of aliphatic carboxylic acids is 1. The van der Waals surface area contributed by atoms with Crippen LogP contribution in [-0.2, 0) is 11.3 Å². The number of hydrogen-bond donors (Lipinski definition) is 3. The van der Waals surface area contributed by atoms with Crippen LogP contribution < -0.4 is 10.6 Å². The van der Waals surface area contributed by atoms with Crippen molar-refractivity contribution in [1.29, 1.82) is 0 Å². The number of furan rings is 1. The maximum Gasteiger partial charge on any atom is 0.315 e. The van der Waals surface area contributed by atoms with Crippen molar-refractivity contribution in [3.63, 3.8) is 0 Å². The molecule has 1 aliphatic carbocycles. The van der Waals surface area contributed by atoms with Gasteiger partial charge in [-0.05, 0) is 38.3 Å². The first-order valence-corrected chi connectivity index (χ1v) is 6.37. The Bertz CT molecular complexity index is 469. The van der Waals surface area contributed by atoms with E-state index in [4.69, 9.17) is 9.52 Å². The highest BCUT2D eigenvalue weighted by molar-refractivity contribution is 5.75. The first kappa shape index (κ1) is 13.5. The minimum absolute atomic E-state index is 0.0561. The van der Waals surface area contributed by atoms with E-state index in [2.05, 4.69) is 10.6 Å². The van der Waals surface area contributed by atoms with Crippen LogP contribution in [0.25, 0.3) is 0 Å². The maximum atomic E-state index is 11.6. The molecule has 0 aromatic carbocycles. The minimum atomic E-state index is -0.782. The zero-order valence-corrected chi connectivity index (χ0v) is 10.8. The molecule has 3 N–H and O–H groups in total. The second-order valence-electron chi connectivity index (χ2n) is 4.88. The summed E-state index contributed by atoms with van der Waals surface area (Å²) >= 11 is 0. The van der Waals surface area contributed by atoms with E-state index in [9.17, 15) is 9.59 Å². The molecule has 0 spiro atoms. The van der Waals surface area contributed by atoms with Gasteiger partial charge in [0.2, 0.25) is 0 Å². The second-order valence-corrected chi connectivity index (χ2v) is 4.88. The average molecular weight is 266 g/mol. The van der Waals surface area contributed by atoms with Crippen molar-refractivity contribution in [2.75, 3.05) is 0 Å². The van der Waals surface area contributed by atoms with Crippen molar-refractivity contribution >= 4 is 12.0 Å². The van der Waals surface area contributed by atoms with Crippen molar-refractivity contribution in [3.05, 3.63) is 23.7 Å². The lowest BCUT2D eigenvalue weighted by Gasteiger charge is -2.12. The van der Waals surface area contributed by atoms with Crippen molar-refractivity contribution < 1.29 is 19.1 Å². The molecule has 2 unspecified atom stereocenters. The van der Waals surface area contributed by atoms with Crippen LogP contribution in [-0.4, -0.2) is 23.1 Å². The summed E-state index contributed by atoms with van der Waals surface area (Å²) in [5.74, 6) is 0.383. The van der Waals surface area contributed by atoms with Gasteiger partial charge in [0.05, 0.1) is 12.5 Å². The molecule has 104 valence electrons. The highest BCUT2D eigenvalue weighted by atomic mass is 16.4. The topological polar surface area (TPSA) is 91.6 Å². The Balaban J connectivity index is 1.72. The molecule has 1 heterocycles. The Morgan fingerprint density at radius 1 is 1.42 bits per heavy atom.